The maximum atomic E-state index is 13.7. The second-order valence-electron chi connectivity index (χ2n) is 9.36. The largest absolute Gasteiger partial charge is 0.307 e. The molecule has 0 spiro atoms. The van der Waals surface area contributed by atoms with Crippen molar-refractivity contribution in [1.29, 1.82) is 0 Å². The number of hydrogen-bond acceptors (Lipinski definition) is 5. The van der Waals surface area contributed by atoms with E-state index in [9.17, 15) is 14.4 Å². The third kappa shape index (κ3) is 2.70. The van der Waals surface area contributed by atoms with Crippen LogP contribution in [-0.2, 0) is 9.59 Å². The summed E-state index contributed by atoms with van der Waals surface area (Å²) in [5.74, 6) is -0.181. The third-order valence-electron chi connectivity index (χ3n) is 7.97. The molecule has 2 aromatic carbocycles. The van der Waals surface area contributed by atoms with Crippen molar-refractivity contribution >= 4 is 52.2 Å². The molecule has 2 aliphatic carbocycles. The number of benzene rings is 2. The van der Waals surface area contributed by atoms with Crippen molar-refractivity contribution < 1.29 is 9.59 Å². The van der Waals surface area contributed by atoms with Gasteiger partial charge in [0.25, 0.3) is 0 Å². The van der Waals surface area contributed by atoms with Gasteiger partial charge in [-0.3, -0.25) is 19.3 Å². The van der Waals surface area contributed by atoms with Crippen LogP contribution in [0.5, 0.6) is 0 Å². The summed E-state index contributed by atoms with van der Waals surface area (Å²) in [7, 11) is 0. The Bertz CT molecular complexity index is 1350. The van der Waals surface area contributed by atoms with Gasteiger partial charge in [-0.2, -0.15) is 0 Å². The minimum atomic E-state index is -0.288. The van der Waals surface area contributed by atoms with E-state index in [1.165, 1.54) is 21.8 Å². The monoisotopic (exact) mass is 494 g/mol. The summed E-state index contributed by atoms with van der Waals surface area (Å²) in [5.41, 5.74) is 1.78. The van der Waals surface area contributed by atoms with Crippen LogP contribution in [0, 0.1) is 29.6 Å². The van der Waals surface area contributed by atoms with Crippen molar-refractivity contribution in [3.05, 3.63) is 79.7 Å². The molecule has 166 valence electrons. The lowest BCUT2D eigenvalue weighted by molar-refractivity contribution is -0.123. The molecule has 2 saturated carbocycles. The normalized spacial score (nSPS) is 33.8. The molecular formula is C25H19ClN2O3S2. The molecular weight excluding hydrogens is 476 g/mol. The number of thioether (sulfide) groups is 1. The molecule has 3 heterocycles. The minimum absolute atomic E-state index is 0.0398. The number of nitrogens with one attached hydrogen (secondary N) is 1. The molecule has 2 bridgehead atoms. The summed E-state index contributed by atoms with van der Waals surface area (Å²) < 4.78 is 0. The fraction of sp³-hybridized carbons (Fsp3) is 0.320. The fourth-order valence-corrected chi connectivity index (χ4v) is 9.91. The molecule has 4 aliphatic rings. The number of nitrogens with zero attached hydrogens (tertiary/aromatic N) is 1. The Morgan fingerprint density at radius 3 is 2.33 bits per heavy atom. The molecule has 2 aliphatic heterocycles. The first-order valence-corrected chi connectivity index (χ1v) is 13.2. The number of halogens is 1. The van der Waals surface area contributed by atoms with Crippen LogP contribution >= 0.6 is 34.7 Å². The summed E-state index contributed by atoms with van der Waals surface area (Å²) in [6, 6.07) is 17.2. The van der Waals surface area contributed by atoms with Crippen molar-refractivity contribution in [3.8, 4) is 0 Å². The smallest absolute Gasteiger partial charge is 0.305 e. The lowest BCUT2D eigenvalue weighted by Gasteiger charge is -2.43. The summed E-state index contributed by atoms with van der Waals surface area (Å²) in [6.07, 6.45) is 0.895. The van der Waals surface area contributed by atoms with Crippen molar-refractivity contribution in [3.63, 3.8) is 0 Å². The van der Waals surface area contributed by atoms with Gasteiger partial charge in [-0.1, -0.05) is 53.3 Å². The Kier molecular flexibility index (Phi) is 4.30. The number of aromatic nitrogens is 1. The Labute approximate surface area is 203 Å². The number of imide groups is 1. The number of anilines is 1. The van der Waals surface area contributed by atoms with E-state index < -0.39 is 0 Å². The molecule has 2 amide bonds. The van der Waals surface area contributed by atoms with Crippen LogP contribution < -0.4 is 9.77 Å². The quantitative estimate of drug-likeness (QED) is 0.521. The van der Waals surface area contributed by atoms with Gasteiger partial charge in [-0.15, -0.1) is 11.8 Å². The highest BCUT2D eigenvalue weighted by molar-refractivity contribution is 8.00. The van der Waals surface area contributed by atoms with Crippen LogP contribution in [0.2, 0.25) is 5.02 Å². The van der Waals surface area contributed by atoms with Gasteiger partial charge in [0.1, 0.15) is 0 Å². The van der Waals surface area contributed by atoms with E-state index in [0.717, 1.165) is 16.3 Å². The standard InChI is InChI=1S/C25H19ClN2O3S2/c26-12-6-8-13(9-7-12)28-23(29)18-14-10-15(19(18)24(28)30)20-17(14)16(11-4-2-1-3-5-11)21-22(32-20)27-25(31)33-21/h1-9,14-20H,10H2,(H,27,31)/t14-,15+,16-,17+,18+,19+,20-/m1/s1. The second kappa shape index (κ2) is 7.08. The molecule has 1 N–H and O–H groups in total. The maximum Gasteiger partial charge on any atom is 0.305 e. The van der Waals surface area contributed by atoms with E-state index in [0.29, 0.717) is 10.7 Å². The molecule has 1 aromatic heterocycles. The predicted molar refractivity (Wildman–Crippen MR) is 129 cm³/mol. The van der Waals surface area contributed by atoms with E-state index in [1.807, 2.05) is 18.2 Å². The zero-order valence-electron chi connectivity index (χ0n) is 17.3. The van der Waals surface area contributed by atoms with Gasteiger partial charge in [0.2, 0.25) is 11.8 Å². The van der Waals surface area contributed by atoms with Crippen molar-refractivity contribution in [2.24, 2.45) is 29.6 Å². The highest BCUT2D eigenvalue weighted by Gasteiger charge is 2.69. The van der Waals surface area contributed by atoms with Crippen LogP contribution in [0.4, 0.5) is 5.69 Å². The average molecular weight is 495 g/mol. The van der Waals surface area contributed by atoms with Crippen molar-refractivity contribution in [2.45, 2.75) is 22.6 Å². The van der Waals surface area contributed by atoms with Gasteiger partial charge in [0.15, 0.2) is 0 Å². The van der Waals surface area contributed by atoms with Crippen LogP contribution in [0.15, 0.2) is 64.4 Å². The number of carbonyl (C=O) groups excluding carboxylic acids is 2. The summed E-state index contributed by atoms with van der Waals surface area (Å²) in [5, 5.41) is 1.73. The number of rotatable bonds is 2. The zero-order valence-corrected chi connectivity index (χ0v) is 19.7. The number of hydrogen-bond donors (Lipinski definition) is 1. The zero-order chi connectivity index (χ0) is 22.4. The molecule has 0 radical (unpaired) electrons. The maximum absolute atomic E-state index is 13.7. The lowest BCUT2D eigenvalue weighted by atomic mass is 9.68. The molecule has 0 unspecified atom stereocenters. The minimum Gasteiger partial charge on any atom is -0.307 e. The summed E-state index contributed by atoms with van der Waals surface area (Å²) in [4.78, 5) is 45.0. The van der Waals surface area contributed by atoms with E-state index in [2.05, 4.69) is 17.1 Å². The van der Waals surface area contributed by atoms with Crippen molar-refractivity contribution in [2.75, 3.05) is 4.90 Å². The molecule has 7 rings (SSSR count). The average Bonchev–Trinajstić information content (AvgIpc) is 3.54. The first kappa shape index (κ1) is 20.1. The first-order chi connectivity index (χ1) is 16.0. The number of carbonyl (C=O) groups is 2. The van der Waals surface area contributed by atoms with Crippen LogP contribution in [0.3, 0.4) is 0 Å². The van der Waals surface area contributed by atoms with Crippen LogP contribution in [-0.4, -0.2) is 22.0 Å². The van der Waals surface area contributed by atoms with Gasteiger partial charge in [-0.05, 0) is 54.0 Å². The Balaban J connectivity index is 1.33. The Morgan fingerprint density at radius 1 is 0.909 bits per heavy atom. The second-order valence-corrected chi connectivity index (χ2v) is 12.0. The van der Waals surface area contributed by atoms with Gasteiger partial charge in [0.05, 0.1) is 22.5 Å². The number of fused-ring (bicyclic) bond motifs is 9. The highest BCUT2D eigenvalue weighted by Crippen LogP contribution is 2.68. The number of thiazole rings is 1. The molecule has 3 aromatic rings. The topological polar surface area (TPSA) is 70.2 Å². The van der Waals surface area contributed by atoms with E-state index in [1.54, 1.807) is 36.0 Å². The van der Waals surface area contributed by atoms with Crippen LogP contribution in [0.1, 0.15) is 22.8 Å². The molecule has 7 atom stereocenters. The molecule has 5 nitrogen and oxygen atoms in total. The lowest BCUT2D eigenvalue weighted by Crippen LogP contribution is -2.42. The molecule has 3 fully saturated rings. The van der Waals surface area contributed by atoms with Gasteiger partial charge >= 0.3 is 4.87 Å². The Hall–Kier alpha value is -2.35. The van der Waals surface area contributed by atoms with E-state index in [-0.39, 0.29) is 57.4 Å². The fourth-order valence-electron chi connectivity index (χ4n) is 6.90. The summed E-state index contributed by atoms with van der Waals surface area (Å²) >= 11 is 9.03. The van der Waals surface area contributed by atoms with E-state index in [4.69, 9.17) is 11.6 Å². The first-order valence-electron chi connectivity index (χ1n) is 11.1. The molecule has 1 saturated heterocycles. The number of amides is 2. The van der Waals surface area contributed by atoms with Gasteiger partial charge in [-0.25, -0.2) is 0 Å². The molecule has 33 heavy (non-hydrogen) atoms. The van der Waals surface area contributed by atoms with Gasteiger partial charge in [0, 0.05) is 21.1 Å². The van der Waals surface area contributed by atoms with Crippen molar-refractivity contribution in [1.82, 2.24) is 4.98 Å². The van der Waals surface area contributed by atoms with E-state index >= 15 is 0 Å². The molecule has 8 heteroatoms. The third-order valence-corrected chi connectivity index (χ3v) is 10.8. The predicted octanol–water partition coefficient (Wildman–Crippen LogP) is 4.77. The highest BCUT2D eigenvalue weighted by atomic mass is 35.5. The summed E-state index contributed by atoms with van der Waals surface area (Å²) in [6.45, 7) is 0. The Morgan fingerprint density at radius 2 is 1.61 bits per heavy atom. The SMILES string of the molecule is O=C1[C@H]2[C@@H]3C[C@@H]([C@@H]2C(=O)N1c1ccc(Cl)cc1)[C@H]1[C@@H](c2ccccc2)c2sc(=O)[nH]c2S[C@H]31. The van der Waals surface area contributed by atoms with Gasteiger partial charge < -0.3 is 4.98 Å². The number of aromatic amines is 1. The van der Waals surface area contributed by atoms with Crippen LogP contribution in [0.25, 0.3) is 0 Å². The number of H-pyrrole nitrogens is 1.